The molecule has 0 fully saturated rings. The third-order valence-electron chi connectivity index (χ3n) is 4.45. The van der Waals surface area contributed by atoms with Gasteiger partial charge in [-0.25, -0.2) is 0 Å². The number of benzene rings is 1. The van der Waals surface area contributed by atoms with Gasteiger partial charge in [0.1, 0.15) is 8.07 Å². The molecule has 0 aromatic heterocycles. The van der Waals surface area contributed by atoms with Gasteiger partial charge in [-0.2, -0.15) is 0 Å². The standard InChI is InChI=1S/C21H26Si/c1-8-9-10-20-11-13-21(14-12-20)15-16-22(17(2)3,18(4)5)19(6)7/h1,11-14,17-19H,2-7H3. The van der Waals surface area contributed by atoms with E-state index in [1.807, 2.05) is 24.3 Å². The minimum Gasteiger partial charge on any atom is -0.125 e. The molecule has 0 radical (unpaired) electrons. The highest BCUT2D eigenvalue weighted by atomic mass is 28.3. The molecule has 0 saturated carbocycles. The summed E-state index contributed by atoms with van der Waals surface area (Å²) >= 11 is 0. The van der Waals surface area contributed by atoms with E-state index in [0.717, 1.165) is 11.1 Å². The van der Waals surface area contributed by atoms with Crippen molar-refractivity contribution in [3.63, 3.8) is 0 Å². The summed E-state index contributed by atoms with van der Waals surface area (Å²) in [6.45, 7) is 14.0. The van der Waals surface area contributed by atoms with Crippen LogP contribution in [0.4, 0.5) is 0 Å². The van der Waals surface area contributed by atoms with Crippen molar-refractivity contribution >= 4 is 8.07 Å². The average molecular weight is 307 g/mol. The molecule has 0 bridgehead atoms. The molecule has 114 valence electrons. The maximum Gasteiger partial charge on any atom is 0.146 e. The zero-order valence-electron chi connectivity index (χ0n) is 14.6. The van der Waals surface area contributed by atoms with E-state index in [1.165, 1.54) is 0 Å². The normalized spacial score (nSPS) is 10.7. The van der Waals surface area contributed by atoms with Crippen LogP contribution in [0.15, 0.2) is 24.3 Å². The van der Waals surface area contributed by atoms with Gasteiger partial charge in [0, 0.05) is 11.1 Å². The van der Waals surface area contributed by atoms with Gasteiger partial charge >= 0.3 is 0 Å². The molecule has 0 aliphatic rings. The first-order valence-corrected chi connectivity index (χ1v) is 10.2. The fourth-order valence-electron chi connectivity index (χ4n) is 3.36. The lowest BCUT2D eigenvalue weighted by Gasteiger charge is -2.38. The summed E-state index contributed by atoms with van der Waals surface area (Å²) in [5.41, 5.74) is 7.69. The van der Waals surface area contributed by atoms with Crippen molar-refractivity contribution in [3.8, 4) is 35.6 Å². The first kappa shape index (κ1) is 18.2. The second-order valence-electron chi connectivity index (χ2n) is 6.62. The Labute approximate surface area is 137 Å². The lowest BCUT2D eigenvalue weighted by molar-refractivity contribution is 0.838. The van der Waals surface area contributed by atoms with Gasteiger partial charge in [-0.15, -0.1) is 12.0 Å². The summed E-state index contributed by atoms with van der Waals surface area (Å²) in [7, 11) is -1.66. The predicted molar refractivity (Wildman–Crippen MR) is 100 cm³/mol. The van der Waals surface area contributed by atoms with Crippen molar-refractivity contribution < 1.29 is 0 Å². The molecule has 1 heteroatoms. The van der Waals surface area contributed by atoms with Crippen molar-refractivity contribution in [2.75, 3.05) is 0 Å². The second kappa shape index (κ2) is 7.94. The van der Waals surface area contributed by atoms with E-state index in [4.69, 9.17) is 6.42 Å². The van der Waals surface area contributed by atoms with Crippen LogP contribution in [0.1, 0.15) is 52.7 Å². The Morgan fingerprint density at radius 1 is 0.773 bits per heavy atom. The second-order valence-corrected chi connectivity index (χ2v) is 12.2. The highest BCUT2D eigenvalue weighted by molar-refractivity contribution is 6.90. The van der Waals surface area contributed by atoms with Crippen molar-refractivity contribution in [1.82, 2.24) is 0 Å². The maximum atomic E-state index is 5.15. The molecule has 0 aliphatic carbocycles. The molecule has 0 heterocycles. The number of terminal acetylenes is 1. The zero-order valence-corrected chi connectivity index (χ0v) is 15.6. The van der Waals surface area contributed by atoms with Crippen molar-refractivity contribution in [3.05, 3.63) is 35.4 Å². The maximum absolute atomic E-state index is 5.15. The summed E-state index contributed by atoms with van der Waals surface area (Å²) in [6, 6.07) is 8.04. The van der Waals surface area contributed by atoms with Crippen LogP contribution < -0.4 is 0 Å². The molecule has 0 nitrogen and oxygen atoms in total. The smallest absolute Gasteiger partial charge is 0.125 e. The predicted octanol–water partition coefficient (Wildman–Crippen LogP) is 5.24. The molecule has 0 atom stereocenters. The third-order valence-corrected chi connectivity index (χ3v) is 10.7. The van der Waals surface area contributed by atoms with Crippen LogP contribution in [0.5, 0.6) is 0 Å². The zero-order chi connectivity index (χ0) is 16.8. The van der Waals surface area contributed by atoms with E-state index in [1.54, 1.807) is 0 Å². The number of hydrogen-bond donors (Lipinski definition) is 0. The molecular formula is C21H26Si. The largest absolute Gasteiger partial charge is 0.146 e. The first-order chi connectivity index (χ1) is 10.3. The molecule has 0 saturated heterocycles. The van der Waals surface area contributed by atoms with Gasteiger partial charge in [-0.05, 0) is 52.7 Å². The van der Waals surface area contributed by atoms with Crippen LogP contribution in [0.3, 0.4) is 0 Å². The summed E-state index contributed by atoms with van der Waals surface area (Å²) in [5.74, 6) is 11.3. The number of hydrogen-bond acceptors (Lipinski definition) is 0. The number of rotatable bonds is 3. The Bertz CT molecular complexity index is 625. The summed E-state index contributed by atoms with van der Waals surface area (Å²) in [5, 5.41) is 0. The van der Waals surface area contributed by atoms with Gasteiger partial charge < -0.3 is 0 Å². The quantitative estimate of drug-likeness (QED) is 0.529. The monoisotopic (exact) mass is 306 g/mol. The van der Waals surface area contributed by atoms with E-state index in [2.05, 4.69) is 70.8 Å². The Kier molecular flexibility index (Phi) is 6.55. The van der Waals surface area contributed by atoms with Gasteiger partial charge in [0.05, 0.1) is 0 Å². The molecule has 0 aliphatic heterocycles. The van der Waals surface area contributed by atoms with E-state index in [9.17, 15) is 0 Å². The van der Waals surface area contributed by atoms with Crippen LogP contribution in [0.2, 0.25) is 16.6 Å². The lowest BCUT2D eigenvalue weighted by atomic mass is 10.1. The molecule has 0 unspecified atom stereocenters. The fourth-order valence-corrected chi connectivity index (χ4v) is 8.59. The molecule has 22 heavy (non-hydrogen) atoms. The van der Waals surface area contributed by atoms with E-state index in [-0.39, 0.29) is 0 Å². The van der Waals surface area contributed by atoms with E-state index < -0.39 is 8.07 Å². The summed E-state index contributed by atoms with van der Waals surface area (Å²) < 4.78 is 0. The molecule has 0 N–H and O–H groups in total. The van der Waals surface area contributed by atoms with E-state index >= 15 is 0 Å². The fraction of sp³-hybridized carbons (Fsp3) is 0.429. The molecular weight excluding hydrogens is 280 g/mol. The first-order valence-electron chi connectivity index (χ1n) is 7.94. The Morgan fingerprint density at radius 2 is 1.18 bits per heavy atom. The third kappa shape index (κ3) is 4.07. The van der Waals surface area contributed by atoms with Gasteiger partial charge in [0.2, 0.25) is 0 Å². The van der Waals surface area contributed by atoms with Crippen molar-refractivity contribution in [1.29, 1.82) is 0 Å². The van der Waals surface area contributed by atoms with E-state index in [0.29, 0.717) is 16.6 Å². The Morgan fingerprint density at radius 3 is 1.55 bits per heavy atom. The van der Waals surface area contributed by atoms with Crippen LogP contribution in [-0.4, -0.2) is 8.07 Å². The average Bonchev–Trinajstić information content (AvgIpc) is 2.45. The molecule has 0 spiro atoms. The van der Waals surface area contributed by atoms with Gasteiger partial charge in [-0.1, -0.05) is 53.4 Å². The van der Waals surface area contributed by atoms with Crippen LogP contribution in [0.25, 0.3) is 0 Å². The lowest BCUT2D eigenvalue weighted by Crippen LogP contribution is -2.43. The molecule has 1 aromatic rings. The minimum absolute atomic E-state index is 0.653. The van der Waals surface area contributed by atoms with Gasteiger partial charge in [0.15, 0.2) is 0 Å². The molecule has 1 rings (SSSR count). The molecule has 1 aromatic carbocycles. The van der Waals surface area contributed by atoms with Crippen LogP contribution in [-0.2, 0) is 0 Å². The van der Waals surface area contributed by atoms with Gasteiger partial charge in [-0.3, -0.25) is 0 Å². The van der Waals surface area contributed by atoms with Crippen molar-refractivity contribution in [2.24, 2.45) is 0 Å². The minimum atomic E-state index is -1.66. The highest BCUT2D eigenvalue weighted by Gasteiger charge is 2.41. The molecule has 0 amide bonds. The summed E-state index contributed by atoms with van der Waals surface area (Å²) in [4.78, 5) is 0. The highest BCUT2D eigenvalue weighted by Crippen LogP contribution is 2.40. The van der Waals surface area contributed by atoms with Crippen LogP contribution >= 0.6 is 0 Å². The van der Waals surface area contributed by atoms with Gasteiger partial charge in [0.25, 0.3) is 0 Å². The topological polar surface area (TPSA) is 0 Å². The van der Waals surface area contributed by atoms with Crippen LogP contribution in [0, 0.1) is 35.6 Å². The Balaban J connectivity index is 3.16. The summed E-state index contributed by atoms with van der Waals surface area (Å²) in [6.07, 6.45) is 5.15. The van der Waals surface area contributed by atoms with Crippen molar-refractivity contribution in [2.45, 2.75) is 58.2 Å². The Hall–Kier alpha value is -1.88. The SMILES string of the molecule is C#CC#Cc1ccc(C#C[Si](C(C)C)(C(C)C)C(C)C)cc1.